The van der Waals surface area contributed by atoms with Gasteiger partial charge >= 0.3 is 0 Å². The molecule has 1 fully saturated rings. The molecule has 1 aliphatic heterocycles. The van der Waals surface area contributed by atoms with Gasteiger partial charge in [0.05, 0.1) is 18.2 Å². The average molecular weight is 230 g/mol. The number of hydrogen-bond acceptors (Lipinski definition) is 4. The molecular formula is C11H22N2O3. The van der Waals surface area contributed by atoms with Crippen LogP contribution in [0.4, 0.5) is 0 Å². The fourth-order valence-corrected chi connectivity index (χ4v) is 1.63. The third-order valence-electron chi connectivity index (χ3n) is 2.88. The van der Waals surface area contributed by atoms with Crippen molar-refractivity contribution in [2.45, 2.75) is 38.5 Å². The SMILES string of the molecule is CCC(C)OCC(=O)NC1CNCC1OC. The third-order valence-corrected chi connectivity index (χ3v) is 2.88. The fourth-order valence-electron chi connectivity index (χ4n) is 1.63. The second-order valence-corrected chi connectivity index (χ2v) is 4.14. The van der Waals surface area contributed by atoms with E-state index in [9.17, 15) is 4.79 Å². The van der Waals surface area contributed by atoms with E-state index in [-0.39, 0.29) is 30.8 Å². The first-order valence-corrected chi connectivity index (χ1v) is 5.81. The lowest BCUT2D eigenvalue weighted by molar-refractivity contribution is -0.128. The van der Waals surface area contributed by atoms with Gasteiger partial charge in [-0.15, -0.1) is 0 Å². The number of carbonyl (C=O) groups is 1. The van der Waals surface area contributed by atoms with Gasteiger partial charge in [0.2, 0.25) is 5.91 Å². The van der Waals surface area contributed by atoms with E-state index in [1.165, 1.54) is 0 Å². The van der Waals surface area contributed by atoms with E-state index in [0.29, 0.717) is 0 Å². The van der Waals surface area contributed by atoms with Gasteiger partial charge in [-0.05, 0) is 13.3 Å². The number of rotatable bonds is 6. The second kappa shape index (κ2) is 6.83. The Morgan fingerprint density at radius 1 is 1.56 bits per heavy atom. The predicted octanol–water partition coefficient (Wildman–Crippen LogP) is -0.0955. The molecule has 3 atom stereocenters. The van der Waals surface area contributed by atoms with E-state index in [4.69, 9.17) is 9.47 Å². The quantitative estimate of drug-likeness (QED) is 0.669. The Morgan fingerprint density at radius 3 is 2.94 bits per heavy atom. The summed E-state index contributed by atoms with van der Waals surface area (Å²) in [6.07, 6.45) is 1.11. The molecule has 1 saturated heterocycles. The van der Waals surface area contributed by atoms with E-state index < -0.39 is 0 Å². The highest BCUT2D eigenvalue weighted by molar-refractivity contribution is 5.77. The van der Waals surface area contributed by atoms with E-state index in [0.717, 1.165) is 19.5 Å². The minimum Gasteiger partial charge on any atom is -0.378 e. The van der Waals surface area contributed by atoms with Crippen LogP contribution in [0.5, 0.6) is 0 Å². The number of nitrogens with one attached hydrogen (secondary N) is 2. The van der Waals surface area contributed by atoms with E-state index >= 15 is 0 Å². The normalized spacial score (nSPS) is 26.7. The van der Waals surface area contributed by atoms with Crippen LogP contribution in [0.1, 0.15) is 20.3 Å². The number of methoxy groups -OCH3 is 1. The zero-order valence-electron chi connectivity index (χ0n) is 10.3. The van der Waals surface area contributed by atoms with Crippen molar-refractivity contribution in [3.8, 4) is 0 Å². The van der Waals surface area contributed by atoms with Gasteiger partial charge in [-0.3, -0.25) is 4.79 Å². The van der Waals surface area contributed by atoms with Crippen molar-refractivity contribution in [2.75, 3.05) is 26.8 Å². The first-order valence-electron chi connectivity index (χ1n) is 5.81. The number of ether oxygens (including phenoxy) is 2. The van der Waals surface area contributed by atoms with Crippen LogP contribution >= 0.6 is 0 Å². The van der Waals surface area contributed by atoms with Crippen molar-refractivity contribution < 1.29 is 14.3 Å². The highest BCUT2D eigenvalue weighted by Crippen LogP contribution is 2.03. The molecular weight excluding hydrogens is 208 g/mol. The summed E-state index contributed by atoms with van der Waals surface area (Å²) < 4.78 is 10.6. The lowest BCUT2D eigenvalue weighted by Crippen LogP contribution is -2.45. The highest BCUT2D eigenvalue weighted by Gasteiger charge is 2.27. The summed E-state index contributed by atoms with van der Waals surface area (Å²) in [6, 6.07) is 0.0537. The Bertz CT molecular complexity index is 223. The molecule has 1 aliphatic rings. The molecule has 1 heterocycles. The van der Waals surface area contributed by atoms with Crippen LogP contribution < -0.4 is 10.6 Å². The van der Waals surface area contributed by atoms with Gasteiger partial charge < -0.3 is 20.1 Å². The van der Waals surface area contributed by atoms with Crippen molar-refractivity contribution in [1.82, 2.24) is 10.6 Å². The van der Waals surface area contributed by atoms with Gasteiger partial charge in [0.1, 0.15) is 6.61 Å². The number of hydrogen-bond donors (Lipinski definition) is 2. The van der Waals surface area contributed by atoms with Crippen LogP contribution in [0.2, 0.25) is 0 Å². The van der Waals surface area contributed by atoms with Crippen LogP contribution in [-0.2, 0) is 14.3 Å². The van der Waals surface area contributed by atoms with E-state index in [2.05, 4.69) is 10.6 Å². The summed E-state index contributed by atoms with van der Waals surface area (Å²) >= 11 is 0. The molecule has 0 bridgehead atoms. The van der Waals surface area contributed by atoms with Gasteiger partial charge in [-0.25, -0.2) is 0 Å². The standard InChI is InChI=1S/C11H22N2O3/c1-4-8(2)16-7-11(14)13-9-5-12-6-10(9)15-3/h8-10,12H,4-7H2,1-3H3,(H,13,14). The van der Waals surface area contributed by atoms with Crippen LogP contribution in [0.25, 0.3) is 0 Å². The van der Waals surface area contributed by atoms with Crippen LogP contribution in [-0.4, -0.2) is 51.0 Å². The van der Waals surface area contributed by atoms with Gasteiger partial charge in [0, 0.05) is 20.2 Å². The first kappa shape index (κ1) is 13.4. The molecule has 0 aromatic carbocycles. The Morgan fingerprint density at radius 2 is 2.31 bits per heavy atom. The predicted molar refractivity (Wildman–Crippen MR) is 61.3 cm³/mol. The lowest BCUT2D eigenvalue weighted by atomic mass is 10.2. The molecule has 3 unspecified atom stereocenters. The van der Waals surface area contributed by atoms with Crippen LogP contribution in [0.15, 0.2) is 0 Å². The molecule has 1 amide bonds. The summed E-state index contributed by atoms with van der Waals surface area (Å²) in [5.74, 6) is -0.0731. The maximum Gasteiger partial charge on any atom is 0.246 e. The van der Waals surface area contributed by atoms with E-state index in [1.807, 2.05) is 13.8 Å². The van der Waals surface area contributed by atoms with Crippen molar-refractivity contribution in [2.24, 2.45) is 0 Å². The van der Waals surface area contributed by atoms with Gasteiger partial charge in [-0.2, -0.15) is 0 Å². The molecule has 2 N–H and O–H groups in total. The Balaban J connectivity index is 2.23. The molecule has 16 heavy (non-hydrogen) atoms. The number of amides is 1. The molecule has 1 rings (SSSR count). The Kier molecular flexibility index (Phi) is 5.73. The molecule has 0 spiro atoms. The van der Waals surface area contributed by atoms with Crippen LogP contribution in [0.3, 0.4) is 0 Å². The molecule has 5 heteroatoms. The summed E-state index contributed by atoms with van der Waals surface area (Å²) in [5, 5.41) is 6.08. The zero-order valence-corrected chi connectivity index (χ0v) is 10.3. The van der Waals surface area contributed by atoms with Crippen LogP contribution in [0, 0.1) is 0 Å². The lowest BCUT2D eigenvalue weighted by Gasteiger charge is -2.19. The van der Waals surface area contributed by atoms with Crippen molar-refractivity contribution in [1.29, 1.82) is 0 Å². The van der Waals surface area contributed by atoms with Gasteiger partial charge in [0.15, 0.2) is 0 Å². The molecule has 0 saturated carbocycles. The maximum atomic E-state index is 11.6. The smallest absolute Gasteiger partial charge is 0.246 e. The fraction of sp³-hybridized carbons (Fsp3) is 0.909. The highest BCUT2D eigenvalue weighted by atomic mass is 16.5. The second-order valence-electron chi connectivity index (χ2n) is 4.14. The Labute approximate surface area is 96.9 Å². The summed E-state index contributed by atoms with van der Waals surface area (Å²) in [6.45, 7) is 5.66. The molecule has 0 radical (unpaired) electrons. The van der Waals surface area contributed by atoms with E-state index in [1.54, 1.807) is 7.11 Å². The molecule has 0 aromatic rings. The zero-order chi connectivity index (χ0) is 12.0. The topological polar surface area (TPSA) is 59.6 Å². The summed E-state index contributed by atoms with van der Waals surface area (Å²) in [5.41, 5.74) is 0. The van der Waals surface area contributed by atoms with Crippen molar-refractivity contribution in [3.63, 3.8) is 0 Å². The summed E-state index contributed by atoms with van der Waals surface area (Å²) in [7, 11) is 1.66. The Hall–Kier alpha value is -0.650. The molecule has 0 aliphatic carbocycles. The minimum atomic E-state index is -0.0731. The molecule has 5 nitrogen and oxygen atoms in total. The molecule has 0 aromatic heterocycles. The molecule has 94 valence electrons. The van der Waals surface area contributed by atoms with Crippen molar-refractivity contribution >= 4 is 5.91 Å². The monoisotopic (exact) mass is 230 g/mol. The first-order chi connectivity index (χ1) is 7.67. The minimum absolute atomic E-state index is 0.0537. The number of carbonyl (C=O) groups excluding carboxylic acids is 1. The van der Waals surface area contributed by atoms with Crippen molar-refractivity contribution in [3.05, 3.63) is 0 Å². The average Bonchev–Trinajstić information content (AvgIpc) is 2.73. The maximum absolute atomic E-state index is 11.6. The summed E-state index contributed by atoms with van der Waals surface area (Å²) in [4.78, 5) is 11.6. The van der Waals surface area contributed by atoms with Gasteiger partial charge in [-0.1, -0.05) is 6.92 Å². The third kappa shape index (κ3) is 4.08. The largest absolute Gasteiger partial charge is 0.378 e. The van der Waals surface area contributed by atoms with Gasteiger partial charge in [0.25, 0.3) is 0 Å².